The minimum absolute atomic E-state index is 0.101. The van der Waals surface area contributed by atoms with Crippen molar-refractivity contribution < 1.29 is 80.2 Å². The third-order valence-electron chi connectivity index (χ3n) is 15.0. The van der Waals surface area contributed by atoms with Crippen molar-refractivity contribution in [1.82, 2.24) is 0 Å². The van der Waals surface area contributed by atoms with Gasteiger partial charge < -0.3 is 33.8 Å². The number of aliphatic hydroxyl groups excluding tert-OH is 1. The summed E-state index contributed by atoms with van der Waals surface area (Å²) >= 11 is 0. The van der Waals surface area contributed by atoms with Gasteiger partial charge in [0.15, 0.2) is 12.2 Å². The number of hydrogen-bond acceptors (Lipinski definition) is 15. The van der Waals surface area contributed by atoms with Crippen LogP contribution in [0.2, 0.25) is 0 Å². The third-order valence-corrected chi connectivity index (χ3v) is 16.9. The van der Waals surface area contributed by atoms with E-state index in [1.54, 1.807) is 0 Å². The molecule has 83 heavy (non-hydrogen) atoms. The number of carbonyl (C=O) groups is 4. The minimum Gasteiger partial charge on any atom is -0.462 e. The molecule has 0 aliphatic rings. The van der Waals surface area contributed by atoms with E-state index < -0.39 is 97.5 Å². The Bertz CT molecular complexity index is 1650. The van der Waals surface area contributed by atoms with Crippen LogP contribution in [0.4, 0.5) is 0 Å². The Labute approximate surface area is 505 Å². The fourth-order valence-corrected chi connectivity index (χ4v) is 11.0. The maximum absolute atomic E-state index is 13.0. The molecule has 0 heterocycles. The second-order valence-electron chi connectivity index (χ2n) is 24.3. The number of rotatable bonds is 62. The molecule has 0 aliphatic heterocycles. The quantitative estimate of drug-likeness (QED) is 0.0222. The predicted molar refractivity (Wildman–Crippen MR) is 331 cm³/mol. The van der Waals surface area contributed by atoms with Gasteiger partial charge in [-0.1, -0.05) is 260 Å². The van der Waals surface area contributed by atoms with Crippen molar-refractivity contribution in [2.45, 2.75) is 330 Å². The Morgan fingerprint density at radius 1 is 0.349 bits per heavy atom. The van der Waals surface area contributed by atoms with Crippen molar-refractivity contribution in [2.75, 3.05) is 39.6 Å². The van der Waals surface area contributed by atoms with Crippen LogP contribution in [0.25, 0.3) is 0 Å². The van der Waals surface area contributed by atoms with Gasteiger partial charge in [-0.15, -0.1) is 0 Å². The smallest absolute Gasteiger partial charge is 0.462 e. The van der Waals surface area contributed by atoms with Gasteiger partial charge in [-0.2, -0.15) is 0 Å². The van der Waals surface area contributed by atoms with Gasteiger partial charge in [-0.25, -0.2) is 9.13 Å². The number of phosphoric ester groups is 2. The molecule has 0 saturated carbocycles. The van der Waals surface area contributed by atoms with E-state index in [2.05, 4.69) is 48.5 Å². The van der Waals surface area contributed by atoms with E-state index in [1.807, 2.05) is 0 Å². The van der Waals surface area contributed by atoms with Crippen molar-refractivity contribution in [3.63, 3.8) is 0 Å². The highest BCUT2D eigenvalue weighted by Gasteiger charge is 2.30. The minimum atomic E-state index is -4.94. The summed E-state index contributed by atoms with van der Waals surface area (Å²) in [4.78, 5) is 71.9. The number of unbranched alkanes of at least 4 members (excludes halogenated alkanes) is 29. The number of phosphoric acid groups is 2. The van der Waals surface area contributed by atoms with Crippen molar-refractivity contribution >= 4 is 39.5 Å². The van der Waals surface area contributed by atoms with E-state index in [0.29, 0.717) is 31.6 Å². The molecule has 0 aromatic rings. The fraction of sp³-hybridized carbons (Fsp3) is 0.938. The molecule has 3 unspecified atom stereocenters. The predicted octanol–water partition coefficient (Wildman–Crippen LogP) is 17.5. The summed E-state index contributed by atoms with van der Waals surface area (Å²) < 4.78 is 67.8. The van der Waals surface area contributed by atoms with Crippen molar-refractivity contribution in [3.8, 4) is 0 Å². The van der Waals surface area contributed by atoms with Gasteiger partial charge in [0.05, 0.1) is 26.4 Å². The van der Waals surface area contributed by atoms with E-state index in [-0.39, 0.29) is 25.7 Å². The molecule has 0 aromatic carbocycles. The highest BCUT2D eigenvalue weighted by atomic mass is 31.2. The fourth-order valence-electron chi connectivity index (χ4n) is 9.45. The highest BCUT2D eigenvalue weighted by molar-refractivity contribution is 7.47. The SMILES string of the molecule is CCCCCCCC(=O)OC[C@H](COP(=O)(O)OC[C@H](O)COP(=O)(O)OC[C@@H](COC(=O)CCCCCCCCCCC(C)CC)OC(=O)CCCCCCCCCCCCCCCCC(C)C)OC(=O)CCCCCCCCC(C)C. The van der Waals surface area contributed by atoms with E-state index in [0.717, 1.165) is 108 Å². The van der Waals surface area contributed by atoms with Gasteiger partial charge in [0.2, 0.25) is 0 Å². The molecule has 0 bridgehead atoms. The molecule has 0 spiro atoms. The monoisotopic (exact) mass is 1230 g/mol. The first-order chi connectivity index (χ1) is 39.8. The van der Waals surface area contributed by atoms with Gasteiger partial charge in [-0.3, -0.25) is 37.3 Å². The van der Waals surface area contributed by atoms with E-state index >= 15 is 0 Å². The number of hydrogen-bond donors (Lipinski definition) is 3. The Kier molecular flexibility index (Phi) is 54.1. The standard InChI is InChI=1S/C64H124O17P2/c1-8-10-11-28-38-45-61(66)74-51-59(81-64(69)48-41-34-27-26-30-36-43-56(5)6)53-78-82(70,71)76-49-58(65)50-77-83(72,73)79-54-60(52-75-62(67)46-39-32-24-21-20-23-31-37-44-57(7)9-2)80-63(68)47-40-33-25-19-17-15-13-12-14-16-18-22-29-35-42-55(3)4/h55-60,65H,8-54H2,1-7H3,(H,70,71)(H,72,73)/t57?,58-,59+,60+/m0/s1. The molecule has 0 aliphatic carbocycles. The molecule has 0 radical (unpaired) electrons. The van der Waals surface area contributed by atoms with Gasteiger partial charge >= 0.3 is 39.5 Å². The van der Waals surface area contributed by atoms with Gasteiger partial charge in [0, 0.05) is 25.7 Å². The Morgan fingerprint density at radius 3 is 0.916 bits per heavy atom. The second-order valence-corrected chi connectivity index (χ2v) is 27.3. The van der Waals surface area contributed by atoms with E-state index in [4.69, 9.17) is 37.0 Å². The van der Waals surface area contributed by atoms with Crippen LogP contribution in [-0.2, 0) is 65.4 Å². The molecule has 0 rings (SSSR count). The summed E-state index contributed by atoms with van der Waals surface area (Å²) in [7, 11) is -9.88. The molecule has 0 aromatic heterocycles. The van der Waals surface area contributed by atoms with Crippen LogP contribution in [0.1, 0.15) is 312 Å². The normalized spacial score (nSPS) is 14.7. The summed E-state index contributed by atoms with van der Waals surface area (Å²) in [5.74, 6) is 0.0922. The topological polar surface area (TPSA) is 237 Å². The molecule has 19 heteroatoms. The molecule has 0 amide bonds. The largest absolute Gasteiger partial charge is 0.472 e. The summed E-state index contributed by atoms with van der Waals surface area (Å²) in [6, 6.07) is 0. The number of carbonyl (C=O) groups excluding carboxylic acids is 4. The molecule has 492 valence electrons. The van der Waals surface area contributed by atoms with Crippen LogP contribution in [0, 0.1) is 17.8 Å². The zero-order valence-electron chi connectivity index (χ0n) is 53.6. The van der Waals surface area contributed by atoms with Crippen LogP contribution in [0.3, 0.4) is 0 Å². The molecule has 6 atom stereocenters. The van der Waals surface area contributed by atoms with Gasteiger partial charge in [-0.05, 0) is 43.4 Å². The maximum Gasteiger partial charge on any atom is 0.472 e. The lowest BCUT2D eigenvalue weighted by Crippen LogP contribution is -2.30. The van der Waals surface area contributed by atoms with Crippen LogP contribution in [0.15, 0.2) is 0 Å². The summed E-state index contributed by atoms with van der Waals surface area (Å²) in [5, 5.41) is 10.5. The molecule has 0 fully saturated rings. The molecule has 17 nitrogen and oxygen atoms in total. The second kappa shape index (κ2) is 55.4. The lowest BCUT2D eigenvalue weighted by Gasteiger charge is -2.21. The van der Waals surface area contributed by atoms with Crippen molar-refractivity contribution in [1.29, 1.82) is 0 Å². The van der Waals surface area contributed by atoms with Crippen LogP contribution in [0.5, 0.6) is 0 Å². The number of aliphatic hydroxyl groups is 1. The van der Waals surface area contributed by atoms with Crippen molar-refractivity contribution in [3.05, 3.63) is 0 Å². The molecular formula is C64H124O17P2. The molecule has 3 N–H and O–H groups in total. The lowest BCUT2D eigenvalue weighted by atomic mass is 9.99. The highest BCUT2D eigenvalue weighted by Crippen LogP contribution is 2.45. The van der Waals surface area contributed by atoms with Crippen LogP contribution < -0.4 is 0 Å². The van der Waals surface area contributed by atoms with Crippen LogP contribution >= 0.6 is 15.6 Å². The van der Waals surface area contributed by atoms with Gasteiger partial charge in [0.25, 0.3) is 0 Å². The summed E-state index contributed by atoms with van der Waals surface area (Å²) in [5.41, 5.74) is 0. The Hall–Kier alpha value is -1.94. The zero-order valence-corrected chi connectivity index (χ0v) is 55.4. The Morgan fingerprint density at radius 2 is 0.614 bits per heavy atom. The van der Waals surface area contributed by atoms with Crippen molar-refractivity contribution in [2.24, 2.45) is 17.8 Å². The van der Waals surface area contributed by atoms with E-state index in [9.17, 15) is 43.2 Å². The Balaban J connectivity index is 5.17. The number of ether oxygens (including phenoxy) is 4. The third kappa shape index (κ3) is 57.6. The maximum atomic E-state index is 13.0. The zero-order chi connectivity index (χ0) is 61.7. The average molecular weight is 1230 g/mol. The van der Waals surface area contributed by atoms with Gasteiger partial charge in [0.1, 0.15) is 19.3 Å². The first-order valence-corrected chi connectivity index (χ1v) is 36.4. The molecule has 0 saturated heterocycles. The summed E-state index contributed by atoms with van der Waals surface area (Å²) in [6.45, 7) is 11.6. The molecular weight excluding hydrogens is 1100 g/mol. The first kappa shape index (κ1) is 81.1. The van der Waals surface area contributed by atoms with Crippen LogP contribution in [-0.4, -0.2) is 96.7 Å². The average Bonchev–Trinajstić information content (AvgIpc) is 3.45. The summed E-state index contributed by atoms with van der Waals surface area (Å²) in [6.07, 6.45) is 36.7. The number of esters is 4. The first-order valence-electron chi connectivity index (χ1n) is 33.4. The lowest BCUT2D eigenvalue weighted by molar-refractivity contribution is -0.161. The van der Waals surface area contributed by atoms with E-state index in [1.165, 1.54) is 116 Å².